The second kappa shape index (κ2) is 8.04. The second-order valence-electron chi connectivity index (χ2n) is 10.9. The van der Waals surface area contributed by atoms with Crippen molar-refractivity contribution in [1.82, 2.24) is 4.90 Å². The van der Waals surface area contributed by atoms with Crippen molar-refractivity contribution >= 4 is 0 Å². The van der Waals surface area contributed by atoms with E-state index in [4.69, 9.17) is 14.2 Å². The molecule has 0 radical (unpaired) electrons. The minimum absolute atomic E-state index is 0.0292. The molecular formula is C23H43NO3. The number of nitrogens with zero attached hydrogens (tertiary/aromatic N) is 1. The van der Waals surface area contributed by atoms with E-state index >= 15 is 0 Å². The largest absolute Gasteiger partial charge is 0.492 e. The third kappa shape index (κ3) is 5.71. The summed E-state index contributed by atoms with van der Waals surface area (Å²) in [6, 6.07) is 1.18. The van der Waals surface area contributed by atoms with Crippen LogP contribution in [0.2, 0.25) is 0 Å². The molecule has 1 saturated heterocycles. The molecule has 4 heteroatoms. The highest BCUT2D eigenvalue weighted by Crippen LogP contribution is 2.45. The van der Waals surface area contributed by atoms with Gasteiger partial charge in [0.15, 0.2) is 0 Å². The molecule has 0 spiro atoms. The van der Waals surface area contributed by atoms with Crippen molar-refractivity contribution in [2.45, 2.75) is 130 Å². The van der Waals surface area contributed by atoms with Crippen LogP contribution in [0.4, 0.5) is 0 Å². The zero-order valence-corrected chi connectivity index (χ0v) is 19.3. The summed E-state index contributed by atoms with van der Waals surface area (Å²) in [4.78, 5) is 2.60. The van der Waals surface area contributed by atoms with Gasteiger partial charge in [0.05, 0.1) is 17.0 Å². The van der Waals surface area contributed by atoms with Crippen LogP contribution in [-0.4, -0.2) is 52.5 Å². The Labute approximate surface area is 167 Å². The quantitative estimate of drug-likeness (QED) is 0.658. The van der Waals surface area contributed by atoms with E-state index in [1.54, 1.807) is 0 Å². The van der Waals surface area contributed by atoms with E-state index in [1.807, 2.05) is 0 Å². The number of ether oxygens (including phenoxy) is 3. The molecule has 2 aliphatic rings. The third-order valence-electron chi connectivity index (χ3n) is 5.38. The molecule has 0 N–H and O–H groups in total. The summed E-state index contributed by atoms with van der Waals surface area (Å²) in [7, 11) is 0. The van der Waals surface area contributed by atoms with Gasteiger partial charge in [0.2, 0.25) is 0 Å². The Morgan fingerprint density at radius 3 is 1.85 bits per heavy atom. The molecule has 1 heterocycles. The van der Waals surface area contributed by atoms with Crippen LogP contribution in [0.1, 0.15) is 82.1 Å². The van der Waals surface area contributed by atoms with Crippen molar-refractivity contribution in [3.8, 4) is 0 Å². The van der Waals surface area contributed by atoms with Gasteiger partial charge < -0.3 is 14.2 Å². The first kappa shape index (κ1) is 22.7. The van der Waals surface area contributed by atoms with Crippen molar-refractivity contribution in [1.29, 1.82) is 0 Å². The first-order chi connectivity index (χ1) is 12.2. The van der Waals surface area contributed by atoms with E-state index in [2.05, 4.69) is 80.7 Å². The molecule has 1 aliphatic carbocycles. The summed E-state index contributed by atoms with van der Waals surface area (Å²) >= 11 is 0. The molecule has 2 rings (SSSR count). The van der Waals surface area contributed by atoms with E-state index in [-0.39, 0.29) is 29.5 Å². The lowest BCUT2D eigenvalue weighted by Crippen LogP contribution is -2.64. The van der Waals surface area contributed by atoms with Gasteiger partial charge in [-0.1, -0.05) is 6.58 Å². The zero-order valence-electron chi connectivity index (χ0n) is 19.3. The lowest BCUT2D eigenvalue weighted by molar-refractivity contribution is -0.234. The van der Waals surface area contributed by atoms with Gasteiger partial charge in [0, 0.05) is 30.5 Å². The van der Waals surface area contributed by atoms with Gasteiger partial charge in [-0.15, -0.1) is 0 Å². The Balaban J connectivity index is 2.47. The lowest BCUT2D eigenvalue weighted by atomic mass is 9.77. The van der Waals surface area contributed by atoms with E-state index in [9.17, 15) is 0 Å². The Kier molecular flexibility index (Phi) is 6.76. The summed E-state index contributed by atoms with van der Waals surface area (Å²) in [5.41, 5.74) is -0.505. The molecule has 0 aromatic heterocycles. The Morgan fingerprint density at radius 2 is 1.41 bits per heavy atom. The fraction of sp³-hybridized carbons (Fsp3) is 0.913. The summed E-state index contributed by atoms with van der Waals surface area (Å²) in [6.45, 7) is 26.0. The smallest absolute Gasteiger partial charge is 0.130 e. The van der Waals surface area contributed by atoms with Gasteiger partial charge in [0.1, 0.15) is 18.3 Å². The standard InChI is InChI=1S/C23H43NO3/c1-14(2)24(15(3)4)18-13-17-12-16(5)25-19(17)21(27-23(9,10)11)20(18)26-22(6,7)8/h14-15,17-21H,5,12-13H2,1-4,6-11H3. The maximum absolute atomic E-state index is 6.70. The highest BCUT2D eigenvalue weighted by molar-refractivity contribution is 5.09. The molecule has 1 saturated carbocycles. The van der Waals surface area contributed by atoms with Crippen molar-refractivity contribution in [3.05, 3.63) is 12.3 Å². The van der Waals surface area contributed by atoms with Crippen LogP contribution < -0.4 is 0 Å². The van der Waals surface area contributed by atoms with Crippen molar-refractivity contribution in [2.24, 2.45) is 5.92 Å². The molecule has 5 unspecified atom stereocenters. The summed E-state index contributed by atoms with van der Waals surface area (Å²) < 4.78 is 19.5. The summed E-state index contributed by atoms with van der Waals surface area (Å²) in [5, 5.41) is 0. The minimum atomic E-state index is -0.260. The van der Waals surface area contributed by atoms with E-state index in [0.717, 1.165) is 18.6 Å². The molecular weight excluding hydrogens is 338 g/mol. The van der Waals surface area contributed by atoms with Gasteiger partial charge >= 0.3 is 0 Å². The summed E-state index contributed by atoms with van der Waals surface area (Å²) in [5.74, 6) is 1.33. The van der Waals surface area contributed by atoms with E-state index < -0.39 is 0 Å². The van der Waals surface area contributed by atoms with Crippen molar-refractivity contribution in [3.63, 3.8) is 0 Å². The molecule has 0 aromatic carbocycles. The summed E-state index contributed by atoms with van der Waals surface area (Å²) in [6.07, 6.45) is 1.87. The first-order valence-electron chi connectivity index (χ1n) is 10.7. The maximum atomic E-state index is 6.70. The van der Waals surface area contributed by atoms with Crippen LogP contribution in [0.25, 0.3) is 0 Å². The van der Waals surface area contributed by atoms with Crippen LogP contribution in [-0.2, 0) is 14.2 Å². The van der Waals surface area contributed by atoms with Gasteiger partial charge in [-0.05, 0) is 75.7 Å². The SMILES string of the molecule is C=C1CC2CC(N(C(C)C)C(C)C)C(OC(C)(C)C)C(OC(C)(C)C)C2O1. The predicted octanol–water partition coefficient (Wildman–Crippen LogP) is 5.16. The first-order valence-corrected chi connectivity index (χ1v) is 10.7. The van der Waals surface area contributed by atoms with Crippen LogP contribution in [0.15, 0.2) is 12.3 Å². The number of allylic oxidation sites excluding steroid dienone is 1. The topological polar surface area (TPSA) is 30.9 Å². The lowest BCUT2D eigenvalue weighted by Gasteiger charge is -2.52. The van der Waals surface area contributed by atoms with Crippen LogP contribution in [0.5, 0.6) is 0 Å². The number of rotatable bonds is 5. The number of fused-ring (bicyclic) bond motifs is 1. The highest BCUT2D eigenvalue weighted by atomic mass is 16.6. The second-order valence-corrected chi connectivity index (χ2v) is 10.9. The minimum Gasteiger partial charge on any atom is -0.492 e. The predicted molar refractivity (Wildman–Crippen MR) is 112 cm³/mol. The van der Waals surface area contributed by atoms with Gasteiger partial charge in [0.25, 0.3) is 0 Å². The molecule has 0 aromatic rings. The molecule has 27 heavy (non-hydrogen) atoms. The number of hydrogen-bond donors (Lipinski definition) is 0. The maximum Gasteiger partial charge on any atom is 0.130 e. The third-order valence-corrected chi connectivity index (χ3v) is 5.38. The molecule has 5 atom stereocenters. The molecule has 4 nitrogen and oxygen atoms in total. The molecule has 158 valence electrons. The fourth-order valence-corrected chi connectivity index (χ4v) is 4.90. The average Bonchev–Trinajstić information content (AvgIpc) is 2.79. The Bertz CT molecular complexity index is 507. The van der Waals surface area contributed by atoms with Crippen molar-refractivity contribution < 1.29 is 14.2 Å². The average molecular weight is 382 g/mol. The number of hydrogen-bond acceptors (Lipinski definition) is 4. The van der Waals surface area contributed by atoms with Gasteiger partial charge in [-0.2, -0.15) is 0 Å². The Hall–Kier alpha value is -0.580. The normalized spacial score (nSPS) is 32.3. The van der Waals surface area contributed by atoms with Gasteiger partial charge in [-0.3, -0.25) is 4.90 Å². The van der Waals surface area contributed by atoms with Crippen LogP contribution in [0.3, 0.4) is 0 Å². The molecule has 1 aliphatic heterocycles. The van der Waals surface area contributed by atoms with Crippen molar-refractivity contribution in [2.75, 3.05) is 0 Å². The van der Waals surface area contributed by atoms with Crippen LogP contribution in [0, 0.1) is 5.92 Å². The molecule has 0 bridgehead atoms. The molecule has 2 fully saturated rings. The van der Waals surface area contributed by atoms with Gasteiger partial charge in [-0.25, -0.2) is 0 Å². The fourth-order valence-electron chi connectivity index (χ4n) is 4.90. The van der Waals surface area contributed by atoms with Crippen LogP contribution >= 0.6 is 0 Å². The van der Waals surface area contributed by atoms with E-state index in [1.165, 1.54) is 0 Å². The Morgan fingerprint density at radius 1 is 0.926 bits per heavy atom. The van der Waals surface area contributed by atoms with E-state index in [0.29, 0.717) is 24.0 Å². The monoisotopic (exact) mass is 381 g/mol. The highest BCUT2D eigenvalue weighted by Gasteiger charge is 2.54. The molecule has 0 amide bonds. The zero-order chi connectivity index (χ0) is 20.7.